The number of hydrogen-bond donors (Lipinski definition) is 1. The molecule has 1 heterocycles. The van der Waals surface area contributed by atoms with Crippen molar-refractivity contribution in [1.29, 1.82) is 0 Å². The molecule has 0 spiro atoms. The molecule has 1 N–H and O–H groups in total. The summed E-state index contributed by atoms with van der Waals surface area (Å²) in [7, 11) is 0.0524. The molecule has 0 radical (unpaired) electrons. The summed E-state index contributed by atoms with van der Waals surface area (Å²) in [5.41, 5.74) is 0.814. The Labute approximate surface area is 127 Å². The number of piperidine rings is 1. The van der Waals surface area contributed by atoms with E-state index in [0.29, 0.717) is 31.1 Å². The van der Waals surface area contributed by atoms with Crippen LogP contribution in [0.4, 0.5) is 0 Å². The molecule has 5 nitrogen and oxygen atoms in total. The van der Waals surface area contributed by atoms with Gasteiger partial charge in [0.05, 0.1) is 11.5 Å². The summed E-state index contributed by atoms with van der Waals surface area (Å²) < 4.78 is 32.6. The van der Waals surface area contributed by atoms with Gasteiger partial charge in [-0.05, 0) is 37.4 Å². The van der Waals surface area contributed by atoms with Crippen LogP contribution in [0.1, 0.15) is 18.4 Å². The van der Waals surface area contributed by atoms with Crippen molar-refractivity contribution in [2.45, 2.75) is 24.3 Å². The van der Waals surface area contributed by atoms with E-state index in [2.05, 4.69) is 5.32 Å². The molecule has 2 rings (SSSR count). The van der Waals surface area contributed by atoms with Crippen molar-refractivity contribution < 1.29 is 13.2 Å². The third-order valence-electron chi connectivity index (χ3n) is 3.84. The second-order valence-electron chi connectivity index (χ2n) is 5.46. The Morgan fingerprint density at radius 1 is 1.38 bits per heavy atom. The lowest BCUT2D eigenvalue weighted by Gasteiger charge is -2.32. The monoisotopic (exact) mass is 312 g/mol. The molecule has 1 aliphatic heterocycles. The average Bonchev–Trinajstić information content (AvgIpc) is 2.49. The Balaban J connectivity index is 2.25. The third-order valence-corrected chi connectivity index (χ3v) is 5.81. The summed E-state index contributed by atoms with van der Waals surface area (Å²) in [5, 5.41) is 3.03. The van der Waals surface area contributed by atoms with Crippen LogP contribution in [0.2, 0.25) is 0 Å². The van der Waals surface area contributed by atoms with Crippen molar-refractivity contribution in [2.24, 2.45) is 5.92 Å². The molecule has 6 heteroatoms. The largest absolute Gasteiger partial charge is 0.384 e. The highest BCUT2D eigenvalue weighted by atomic mass is 32.2. The molecule has 1 atom stereocenters. The lowest BCUT2D eigenvalue weighted by atomic mass is 10.0. The maximum Gasteiger partial charge on any atom is 0.243 e. The zero-order valence-electron chi connectivity index (χ0n) is 12.7. The van der Waals surface area contributed by atoms with Gasteiger partial charge in [0, 0.05) is 26.7 Å². The number of nitrogens with one attached hydrogen (secondary N) is 1. The molecule has 1 aromatic carbocycles. The highest BCUT2D eigenvalue weighted by Crippen LogP contribution is 2.25. The fourth-order valence-corrected chi connectivity index (χ4v) is 4.62. The summed E-state index contributed by atoms with van der Waals surface area (Å²) >= 11 is 0. The van der Waals surface area contributed by atoms with Gasteiger partial charge in [-0.15, -0.1) is 0 Å². The zero-order valence-corrected chi connectivity index (χ0v) is 13.5. The topological polar surface area (TPSA) is 58.6 Å². The van der Waals surface area contributed by atoms with Gasteiger partial charge >= 0.3 is 0 Å². The lowest BCUT2D eigenvalue weighted by Crippen LogP contribution is -2.41. The lowest BCUT2D eigenvalue weighted by molar-refractivity contribution is 0.118. The molecule has 1 aliphatic rings. The van der Waals surface area contributed by atoms with E-state index < -0.39 is 10.0 Å². The number of ether oxygens (including phenoxy) is 1. The molecule has 0 aromatic heterocycles. The van der Waals surface area contributed by atoms with Gasteiger partial charge in [0.2, 0.25) is 10.0 Å². The Bertz CT molecular complexity index is 558. The minimum atomic E-state index is -3.43. The second kappa shape index (κ2) is 7.35. The number of benzene rings is 1. The first-order chi connectivity index (χ1) is 10.1. The van der Waals surface area contributed by atoms with Gasteiger partial charge in [0.15, 0.2) is 0 Å². The minimum absolute atomic E-state index is 0.287. The summed E-state index contributed by atoms with van der Waals surface area (Å²) in [6.45, 7) is 2.30. The highest BCUT2D eigenvalue weighted by molar-refractivity contribution is 7.89. The first-order valence-electron chi connectivity index (χ1n) is 7.31. The van der Waals surface area contributed by atoms with Crippen molar-refractivity contribution in [3.63, 3.8) is 0 Å². The SMILES string of the molecule is CNCc1ccccc1S(=O)(=O)N1CCCC(COC)C1. The average molecular weight is 312 g/mol. The molecule has 21 heavy (non-hydrogen) atoms. The smallest absolute Gasteiger partial charge is 0.243 e. The van der Waals surface area contributed by atoms with Crippen LogP contribution in [0.15, 0.2) is 29.2 Å². The molecule has 0 amide bonds. The fraction of sp³-hybridized carbons (Fsp3) is 0.600. The first kappa shape index (κ1) is 16.4. The van der Waals surface area contributed by atoms with Gasteiger partial charge in [-0.1, -0.05) is 18.2 Å². The van der Waals surface area contributed by atoms with Gasteiger partial charge in [0.1, 0.15) is 0 Å². The van der Waals surface area contributed by atoms with E-state index in [-0.39, 0.29) is 5.92 Å². The number of methoxy groups -OCH3 is 1. The van der Waals surface area contributed by atoms with Crippen LogP contribution in [0.3, 0.4) is 0 Å². The van der Waals surface area contributed by atoms with Crippen molar-refractivity contribution in [3.8, 4) is 0 Å². The van der Waals surface area contributed by atoms with Gasteiger partial charge in [-0.3, -0.25) is 0 Å². The number of rotatable bonds is 6. The van der Waals surface area contributed by atoms with Crippen LogP contribution in [0, 0.1) is 5.92 Å². The van der Waals surface area contributed by atoms with E-state index in [1.807, 2.05) is 19.2 Å². The minimum Gasteiger partial charge on any atom is -0.384 e. The predicted octanol–water partition coefficient (Wildman–Crippen LogP) is 1.45. The molecule has 0 saturated carbocycles. The van der Waals surface area contributed by atoms with Gasteiger partial charge < -0.3 is 10.1 Å². The molecule has 1 unspecified atom stereocenters. The van der Waals surface area contributed by atoms with Crippen LogP contribution in [-0.4, -0.2) is 46.6 Å². The van der Waals surface area contributed by atoms with Gasteiger partial charge in [-0.2, -0.15) is 4.31 Å². The molecular formula is C15H24N2O3S. The standard InChI is InChI=1S/C15H24N2O3S/c1-16-10-14-7-3-4-8-15(14)21(18,19)17-9-5-6-13(11-17)12-20-2/h3-4,7-8,13,16H,5-6,9-12H2,1-2H3. The van der Waals surface area contributed by atoms with Crippen LogP contribution >= 0.6 is 0 Å². The van der Waals surface area contributed by atoms with Crippen molar-refractivity contribution in [1.82, 2.24) is 9.62 Å². The predicted molar refractivity (Wildman–Crippen MR) is 82.6 cm³/mol. The van der Waals surface area contributed by atoms with Crippen LogP contribution < -0.4 is 5.32 Å². The molecule has 1 saturated heterocycles. The summed E-state index contributed by atoms with van der Waals surface area (Å²) in [6, 6.07) is 7.21. The molecule has 1 aromatic rings. The van der Waals surface area contributed by atoms with Gasteiger partial charge in [-0.25, -0.2) is 8.42 Å². The normalized spacial score (nSPS) is 20.6. The number of hydrogen-bond acceptors (Lipinski definition) is 4. The van der Waals surface area contributed by atoms with Gasteiger partial charge in [0.25, 0.3) is 0 Å². The van der Waals surface area contributed by atoms with E-state index in [1.54, 1.807) is 23.5 Å². The highest BCUT2D eigenvalue weighted by Gasteiger charge is 2.31. The summed E-state index contributed by atoms with van der Waals surface area (Å²) in [5.74, 6) is 0.287. The van der Waals surface area contributed by atoms with Crippen molar-refractivity contribution >= 4 is 10.0 Å². The quantitative estimate of drug-likeness (QED) is 0.864. The van der Waals surface area contributed by atoms with Crippen molar-refractivity contribution in [3.05, 3.63) is 29.8 Å². The van der Waals surface area contributed by atoms with E-state index in [9.17, 15) is 8.42 Å². The van der Waals surface area contributed by atoms with E-state index >= 15 is 0 Å². The van der Waals surface area contributed by atoms with E-state index in [1.165, 1.54) is 0 Å². The third kappa shape index (κ3) is 3.83. The second-order valence-corrected chi connectivity index (χ2v) is 7.37. The molecular weight excluding hydrogens is 288 g/mol. The fourth-order valence-electron chi connectivity index (χ4n) is 2.85. The van der Waals surface area contributed by atoms with Crippen LogP contribution in [0.25, 0.3) is 0 Å². The number of nitrogens with zero attached hydrogens (tertiary/aromatic N) is 1. The molecule has 0 bridgehead atoms. The maximum atomic E-state index is 12.9. The zero-order chi connectivity index (χ0) is 15.3. The van der Waals surface area contributed by atoms with Crippen LogP contribution in [-0.2, 0) is 21.3 Å². The maximum absolute atomic E-state index is 12.9. The Morgan fingerprint density at radius 2 is 2.14 bits per heavy atom. The Hall–Kier alpha value is -0.950. The Kier molecular flexibility index (Phi) is 5.75. The molecule has 0 aliphatic carbocycles. The number of sulfonamides is 1. The molecule has 118 valence electrons. The van der Waals surface area contributed by atoms with E-state index in [4.69, 9.17) is 4.74 Å². The van der Waals surface area contributed by atoms with Crippen molar-refractivity contribution in [2.75, 3.05) is 33.9 Å². The summed E-state index contributed by atoms with van der Waals surface area (Å²) in [4.78, 5) is 0.414. The van der Waals surface area contributed by atoms with Crippen LogP contribution in [0.5, 0.6) is 0 Å². The molecule has 1 fully saturated rings. The van der Waals surface area contributed by atoms with E-state index in [0.717, 1.165) is 18.4 Å². The Morgan fingerprint density at radius 3 is 2.86 bits per heavy atom. The summed E-state index contributed by atoms with van der Waals surface area (Å²) in [6.07, 6.45) is 1.92. The first-order valence-corrected chi connectivity index (χ1v) is 8.75.